The van der Waals surface area contributed by atoms with Crippen molar-refractivity contribution in [3.8, 4) is 17.2 Å². The van der Waals surface area contributed by atoms with E-state index in [0.717, 1.165) is 12.0 Å². The number of anilines is 1. The summed E-state index contributed by atoms with van der Waals surface area (Å²) in [5, 5.41) is 6.84. The lowest BCUT2D eigenvalue weighted by Gasteiger charge is -2.14. The van der Waals surface area contributed by atoms with E-state index in [4.69, 9.17) is 9.47 Å². The Morgan fingerprint density at radius 2 is 2.10 bits per heavy atom. The molecule has 4 rings (SSSR count). The number of aromatic nitrogens is 2. The fourth-order valence-electron chi connectivity index (χ4n) is 3.57. The molecule has 31 heavy (non-hydrogen) atoms. The van der Waals surface area contributed by atoms with E-state index in [9.17, 15) is 14.0 Å². The molecule has 3 aromatic rings. The summed E-state index contributed by atoms with van der Waals surface area (Å²) in [5.41, 5.74) is 0.992. The molecule has 1 unspecified atom stereocenters. The second-order valence-corrected chi connectivity index (χ2v) is 7.34. The van der Waals surface area contributed by atoms with Gasteiger partial charge in [0.05, 0.1) is 12.3 Å². The molecule has 1 aliphatic heterocycles. The quantitative estimate of drug-likeness (QED) is 0.677. The van der Waals surface area contributed by atoms with Gasteiger partial charge in [0.2, 0.25) is 5.43 Å². The van der Waals surface area contributed by atoms with Gasteiger partial charge in [-0.05, 0) is 39.0 Å². The zero-order valence-electron chi connectivity index (χ0n) is 17.4. The molecule has 1 N–H and O–H groups in total. The Morgan fingerprint density at radius 3 is 2.84 bits per heavy atom. The van der Waals surface area contributed by atoms with Crippen LogP contribution in [0.1, 0.15) is 35.6 Å². The Labute approximate surface area is 178 Å². The molecule has 0 saturated heterocycles. The lowest BCUT2D eigenvalue weighted by Crippen LogP contribution is -2.27. The van der Waals surface area contributed by atoms with Crippen molar-refractivity contribution in [3.05, 3.63) is 75.5 Å². The summed E-state index contributed by atoms with van der Waals surface area (Å²) in [4.78, 5) is 25.5. The van der Waals surface area contributed by atoms with E-state index in [1.807, 2.05) is 19.9 Å². The average Bonchev–Trinajstić information content (AvgIpc) is 3.08. The van der Waals surface area contributed by atoms with Crippen molar-refractivity contribution < 1.29 is 18.7 Å². The molecule has 2 aromatic carbocycles. The number of fused-ring (bicyclic) bond motifs is 1. The van der Waals surface area contributed by atoms with E-state index in [1.54, 1.807) is 25.1 Å². The fourth-order valence-corrected chi connectivity index (χ4v) is 3.57. The topological polar surface area (TPSA) is 82.5 Å². The predicted octanol–water partition coefficient (Wildman–Crippen LogP) is 3.65. The molecular weight excluding hydrogens is 401 g/mol. The molecular formula is C23H22FN3O4. The van der Waals surface area contributed by atoms with Gasteiger partial charge in [-0.2, -0.15) is 5.10 Å². The maximum absolute atomic E-state index is 14.3. The molecule has 0 fully saturated rings. The standard InChI is InChI=1S/C23H22FN3O4/c1-4-30-21-11-15-10-14(3)31-20(15)12-17(21)25-23(29)22-19(28)9-13(2)27(26-22)18-8-6-5-7-16(18)24/h5-9,11-12,14H,4,10H2,1-3H3,(H,25,29). The van der Waals surface area contributed by atoms with Crippen molar-refractivity contribution in [2.75, 3.05) is 11.9 Å². The van der Waals surface area contributed by atoms with Crippen molar-refractivity contribution >= 4 is 11.6 Å². The zero-order chi connectivity index (χ0) is 22.1. The molecule has 1 aliphatic rings. The van der Waals surface area contributed by atoms with Gasteiger partial charge in [-0.15, -0.1) is 0 Å². The third-order valence-electron chi connectivity index (χ3n) is 4.95. The van der Waals surface area contributed by atoms with Crippen molar-refractivity contribution in [1.29, 1.82) is 0 Å². The van der Waals surface area contributed by atoms with Gasteiger partial charge < -0.3 is 14.8 Å². The van der Waals surface area contributed by atoms with Crippen LogP contribution in [0.5, 0.6) is 11.5 Å². The summed E-state index contributed by atoms with van der Waals surface area (Å²) in [6, 6.07) is 10.8. The van der Waals surface area contributed by atoms with E-state index < -0.39 is 17.2 Å². The van der Waals surface area contributed by atoms with Crippen LogP contribution in [0.4, 0.5) is 10.1 Å². The van der Waals surface area contributed by atoms with Crippen LogP contribution < -0.4 is 20.2 Å². The smallest absolute Gasteiger partial charge is 0.280 e. The Kier molecular flexibility index (Phi) is 5.46. The van der Waals surface area contributed by atoms with Crippen molar-refractivity contribution in [3.63, 3.8) is 0 Å². The maximum atomic E-state index is 14.3. The molecule has 2 heterocycles. The van der Waals surface area contributed by atoms with E-state index >= 15 is 0 Å². The van der Waals surface area contributed by atoms with Gasteiger partial charge in [0.25, 0.3) is 5.91 Å². The van der Waals surface area contributed by atoms with Gasteiger partial charge in [-0.3, -0.25) is 9.59 Å². The predicted molar refractivity (Wildman–Crippen MR) is 114 cm³/mol. The van der Waals surface area contributed by atoms with Crippen LogP contribution in [-0.2, 0) is 6.42 Å². The SMILES string of the molecule is CCOc1cc2c(cc1NC(=O)c1nn(-c3ccccc3F)c(C)cc1=O)OC(C)C2. The molecule has 8 heteroatoms. The number of hydrogen-bond acceptors (Lipinski definition) is 5. The van der Waals surface area contributed by atoms with Crippen LogP contribution in [-0.4, -0.2) is 28.4 Å². The van der Waals surface area contributed by atoms with Crippen LogP contribution >= 0.6 is 0 Å². The number of halogens is 1. The highest BCUT2D eigenvalue weighted by Gasteiger charge is 2.24. The number of carbonyl (C=O) groups is 1. The number of ether oxygens (including phenoxy) is 2. The molecule has 1 atom stereocenters. The Hall–Kier alpha value is -3.68. The van der Waals surface area contributed by atoms with Gasteiger partial charge >= 0.3 is 0 Å². The number of hydrogen-bond donors (Lipinski definition) is 1. The van der Waals surface area contributed by atoms with E-state index in [-0.39, 0.29) is 17.5 Å². The first-order chi connectivity index (χ1) is 14.9. The largest absolute Gasteiger partial charge is 0.492 e. The van der Waals surface area contributed by atoms with E-state index in [2.05, 4.69) is 10.4 Å². The highest BCUT2D eigenvalue weighted by Crippen LogP contribution is 2.38. The highest BCUT2D eigenvalue weighted by molar-refractivity contribution is 6.03. The molecule has 0 spiro atoms. The van der Waals surface area contributed by atoms with Gasteiger partial charge in [0.15, 0.2) is 5.69 Å². The summed E-state index contributed by atoms with van der Waals surface area (Å²) in [6.45, 7) is 5.82. The number of nitrogens with one attached hydrogen (secondary N) is 1. The lowest BCUT2D eigenvalue weighted by molar-refractivity contribution is 0.101. The third-order valence-corrected chi connectivity index (χ3v) is 4.95. The first-order valence-corrected chi connectivity index (χ1v) is 10.0. The zero-order valence-corrected chi connectivity index (χ0v) is 17.4. The van der Waals surface area contributed by atoms with E-state index in [0.29, 0.717) is 29.5 Å². The third kappa shape index (κ3) is 4.01. The number of rotatable bonds is 5. The molecule has 0 radical (unpaired) electrons. The van der Waals surface area contributed by atoms with E-state index in [1.165, 1.54) is 22.9 Å². The Balaban J connectivity index is 1.71. The maximum Gasteiger partial charge on any atom is 0.280 e. The number of nitrogens with zero attached hydrogens (tertiary/aromatic N) is 2. The minimum Gasteiger partial charge on any atom is -0.492 e. The summed E-state index contributed by atoms with van der Waals surface area (Å²) in [5.74, 6) is -0.0978. The second-order valence-electron chi connectivity index (χ2n) is 7.34. The van der Waals surface area contributed by atoms with Crippen molar-refractivity contribution in [2.24, 2.45) is 0 Å². The van der Waals surface area contributed by atoms with Crippen LogP contribution in [0.25, 0.3) is 5.69 Å². The molecule has 7 nitrogen and oxygen atoms in total. The van der Waals surface area contributed by atoms with Crippen molar-refractivity contribution in [1.82, 2.24) is 9.78 Å². The van der Waals surface area contributed by atoms with Gasteiger partial charge in [-0.1, -0.05) is 12.1 Å². The molecule has 0 bridgehead atoms. The summed E-state index contributed by atoms with van der Waals surface area (Å²) in [6.07, 6.45) is 0.776. The van der Waals surface area contributed by atoms with Gasteiger partial charge in [0, 0.05) is 29.8 Å². The van der Waals surface area contributed by atoms with Gasteiger partial charge in [0.1, 0.15) is 29.1 Å². The van der Waals surface area contributed by atoms with Crippen LogP contribution in [0.15, 0.2) is 47.3 Å². The number of benzene rings is 2. The summed E-state index contributed by atoms with van der Waals surface area (Å²) >= 11 is 0. The van der Waals surface area contributed by atoms with Gasteiger partial charge in [-0.25, -0.2) is 9.07 Å². The van der Waals surface area contributed by atoms with Crippen molar-refractivity contribution in [2.45, 2.75) is 33.3 Å². The Bertz CT molecular complexity index is 1220. The number of para-hydroxylation sites is 1. The normalized spacial score (nSPS) is 14.6. The molecule has 0 aliphatic carbocycles. The first kappa shape index (κ1) is 20.6. The summed E-state index contributed by atoms with van der Waals surface area (Å²) < 4.78 is 26.9. The number of amides is 1. The Morgan fingerprint density at radius 1 is 1.32 bits per heavy atom. The van der Waals surface area contributed by atoms with Crippen LogP contribution in [0, 0.1) is 12.7 Å². The monoisotopic (exact) mass is 423 g/mol. The number of carbonyl (C=O) groups excluding carboxylic acids is 1. The van der Waals surface area contributed by atoms with Crippen LogP contribution in [0.3, 0.4) is 0 Å². The molecule has 160 valence electrons. The fraction of sp³-hybridized carbons (Fsp3) is 0.261. The lowest BCUT2D eigenvalue weighted by atomic mass is 10.1. The molecule has 1 amide bonds. The van der Waals surface area contributed by atoms with Crippen LogP contribution in [0.2, 0.25) is 0 Å². The first-order valence-electron chi connectivity index (χ1n) is 10.0. The minimum atomic E-state index is -0.720. The minimum absolute atomic E-state index is 0.0298. The highest BCUT2D eigenvalue weighted by atomic mass is 19.1. The average molecular weight is 423 g/mol. The molecule has 0 saturated carbocycles. The number of aryl methyl sites for hydroxylation is 1. The second kappa shape index (κ2) is 8.22. The summed E-state index contributed by atoms with van der Waals surface area (Å²) in [7, 11) is 0. The molecule has 1 aromatic heterocycles.